The highest BCUT2D eigenvalue weighted by atomic mass is 15.1. The first-order chi connectivity index (χ1) is 10.1. The maximum Gasteiger partial charge on any atom is 0.00501 e. The largest absolute Gasteiger partial charge is 0.314 e. The van der Waals surface area contributed by atoms with Crippen LogP contribution in [0.3, 0.4) is 0 Å². The highest BCUT2D eigenvalue weighted by molar-refractivity contribution is 4.89. The van der Waals surface area contributed by atoms with Gasteiger partial charge in [0.05, 0.1) is 0 Å². The van der Waals surface area contributed by atoms with Gasteiger partial charge < -0.3 is 10.2 Å². The molecule has 0 bridgehead atoms. The molecule has 1 N–H and O–H groups in total. The van der Waals surface area contributed by atoms with Crippen LogP contribution in [-0.4, -0.2) is 37.1 Å². The smallest absolute Gasteiger partial charge is 0.00501 e. The van der Waals surface area contributed by atoms with Crippen molar-refractivity contribution in [3.63, 3.8) is 0 Å². The fraction of sp³-hybridized carbons (Fsp3) is 1.00. The van der Waals surface area contributed by atoms with Gasteiger partial charge in [0.25, 0.3) is 0 Å². The van der Waals surface area contributed by atoms with Gasteiger partial charge in [0.15, 0.2) is 0 Å². The Morgan fingerprint density at radius 2 is 1.81 bits per heavy atom. The van der Waals surface area contributed by atoms with Gasteiger partial charge in [-0.3, -0.25) is 0 Å². The van der Waals surface area contributed by atoms with E-state index in [0.717, 1.165) is 5.92 Å². The minimum Gasteiger partial charge on any atom is -0.314 e. The molecule has 0 spiro atoms. The summed E-state index contributed by atoms with van der Waals surface area (Å²) in [6, 6.07) is 0.623. The number of rotatable bonds is 6. The molecule has 1 aliphatic carbocycles. The van der Waals surface area contributed by atoms with E-state index >= 15 is 0 Å². The molecular weight excluding hydrogens is 256 g/mol. The minimum atomic E-state index is 0.564. The lowest BCUT2D eigenvalue weighted by molar-refractivity contribution is 0.101. The van der Waals surface area contributed by atoms with E-state index in [1.807, 2.05) is 0 Å². The summed E-state index contributed by atoms with van der Waals surface area (Å²) in [5.41, 5.74) is 0.564. The maximum absolute atomic E-state index is 3.75. The molecule has 0 aromatic rings. The summed E-state index contributed by atoms with van der Waals surface area (Å²) in [5, 5.41) is 3.75. The monoisotopic (exact) mass is 294 g/mol. The maximum atomic E-state index is 3.75. The van der Waals surface area contributed by atoms with Gasteiger partial charge in [-0.2, -0.15) is 0 Å². The fourth-order valence-electron chi connectivity index (χ4n) is 4.38. The van der Waals surface area contributed by atoms with Crippen LogP contribution in [0.4, 0.5) is 0 Å². The molecule has 0 amide bonds. The van der Waals surface area contributed by atoms with Gasteiger partial charge in [-0.15, -0.1) is 0 Å². The van der Waals surface area contributed by atoms with Crippen LogP contribution in [0.5, 0.6) is 0 Å². The highest BCUT2D eigenvalue weighted by Crippen LogP contribution is 2.37. The second kappa shape index (κ2) is 8.53. The Labute approximate surface area is 133 Å². The lowest BCUT2D eigenvalue weighted by Crippen LogP contribution is -2.47. The first-order valence-electron chi connectivity index (χ1n) is 9.59. The zero-order valence-electron chi connectivity index (χ0n) is 14.8. The highest BCUT2D eigenvalue weighted by Gasteiger charge is 2.34. The molecule has 0 aromatic carbocycles. The fourth-order valence-corrected chi connectivity index (χ4v) is 4.38. The Morgan fingerprint density at radius 3 is 2.48 bits per heavy atom. The average molecular weight is 295 g/mol. The molecule has 1 unspecified atom stereocenters. The van der Waals surface area contributed by atoms with Gasteiger partial charge in [-0.05, 0) is 56.5 Å². The molecule has 21 heavy (non-hydrogen) atoms. The molecule has 124 valence electrons. The molecule has 2 aliphatic rings. The van der Waals surface area contributed by atoms with Crippen LogP contribution in [0.25, 0.3) is 0 Å². The van der Waals surface area contributed by atoms with Crippen molar-refractivity contribution >= 4 is 0 Å². The van der Waals surface area contributed by atoms with Crippen LogP contribution >= 0.6 is 0 Å². The lowest BCUT2D eigenvalue weighted by atomic mass is 9.73. The normalized spacial score (nSPS) is 27.7. The third kappa shape index (κ3) is 5.56. The van der Waals surface area contributed by atoms with E-state index in [9.17, 15) is 0 Å². The molecule has 2 fully saturated rings. The summed E-state index contributed by atoms with van der Waals surface area (Å²) in [6.07, 6.45) is 13.0. The van der Waals surface area contributed by atoms with Crippen molar-refractivity contribution in [2.24, 2.45) is 11.3 Å². The van der Waals surface area contributed by atoms with Gasteiger partial charge >= 0.3 is 0 Å². The number of nitrogens with zero attached hydrogens (tertiary/aromatic N) is 1. The predicted molar refractivity (Wildman–Crippen MR) is 92.7 cm³/mol. The molecule has 2 nitrogen and oxygen atoms in total. The molecule has 1 aliphatic heterocycles. The minimum absolute atomic E-state index is 0.564. The summed E-state index contributed by atoms with van der Waals surface area (Å²) in [6.45, 7) is 12.2. The summed E-state index contributed by atoms with van der Waals surface area (Å²) in [7, 11) is 0. The molecule has 1 saturated heterocycles. The zero-order chi connectivity index (χ0) is 15.1. The number of hydrogen-bond acceptors (Lipinski definition) is 2. The van der Waals surface area contributed by atoms with E-state index in [1.165, 1.54) is 84.0 Å². The van der Waals surface area contributed by atoms with Crippen molar-refractivity contribution in [1.82, 2.24) is 10.2 Å². The van der Waals surface area contributed by atoms with Crippen LogP contribution in [0.1, 0.15) is 78.6 Å². The van der Waals surface area contributed by atoms with E-state index in [1.54, 1.807) is 0 Å². The van der Waals surface area contributed by atoms with Gasteiger partial charge in [-0.1, -0.05) is 46.5 Å². The molecule has 2 heteroatoms. The summed E-state index contributed by atoms with van der Waals surface area (Å²) in [4.78, 5) is 2.81. The van der Waals surface area contributed by atoms with Crippen molar-refractivity contribution in [1.29, 1.82) is 0 Å². The van der Waals surface area contributed by atoms with Gasteiger partial charge in [0, 0.05) is 19.1 Å². The average Bonchev–Trinajstić information content (AvgIpc) is 2.71. The third-order valence-electron chi connectivity index (χ3n) is 5.88. The SMILES string of the molecule is CCC1CCCN(CC2(CNC(C)C)CCCCC2)CC1. The first kappa shape index (κ1) is 17.3. The van der Waals surface area contributed by atoms with E-state index in [-0.39, 0.29) is 0 Å². The second-order valence-corrected chi connectivity index (χ2v) is 8.08. The van der Waals surface area contributed by atoms with Gasteiger partial charge in [-0.25, -0.2) is 0 Å². The third-order valence-corrected chi connectivity index (χ3v) is 5.88. The van der Waals surface area contributed by atoms with E-state index in [0.29, 0.717) is 11.5 Å². The van der Waals surface area contributed by atoms with Crippen LogP contribution in [0.2, 0.25) is 0 Å². The Hall–Kier alpha value is -0.0800. The van der Waals surface area contributed by atoms with Crippen molar-refractivity contribution in [2.45, 2.75) is 84.6 Å². The Kier molecular flexibility index (Phi) is 7.01. The molecule has 1 saturated carbocycles. The van der Waals surface area contributed by atoms with Gasteiger partial charge in [0.1, 0.15) is 0 Å². The van der Waals surface area contributed by atoms with E-state index in [4.69, 9.17) is 0 Å². The van der Waals surface area contributed by atoms with E-state index in [2.05, 4.69) is 31.0 Å². The van der Waals surface area contributed by atoms with E-state index < -0.39 is 0 Å². The van der Waals surface area contributed by atoms with Crippen LogP contribution < -0.4 is 5.32 Å². The molecule has 1 atom stereocenters. The van der Waals surface area contributed by atoms with Crippen molar-refractivity contribution in [3.05, 3.63) is 0 Å². The van der Waals surface area contributed by atoms with Crippen molar-refractivity contribution < 1.29 is 0 Å². The topological polar surface area (TPSA) is 15.3 Å². The van der Waals surface area contributed by atoms with Crippen LogP contribution in [-0.2, 0) is 0 Å². The predicted octanol–water partition coefficient (Wildman–Crippen LogP) is 4.45. The second-order valence-electron chi connectivity index (χ2n) is 8.08. The number of hydrogen-bond donors (Lipinski definition) is 1. The molecule has 0 aromatic heterocycles. The number of nitrogens with one attached hydrogen (secondary N) is 1. The van der Waals surface area contributed by atoms with Crippen LogP contribution in [0.15, 0.2) is 0 Å². The summed E-state index contributed by atoms with van der Waals surface area (Å²) >= 11 is 0. The Balaban J connectivity index is 1.91. The quantitative estimate of drug-likeness (QED) is 0.778. The molecule has 0 radical (unpaired) electrons. The summed E-state index contributed by atoms with van der Waals surface area (Å²) < 4.78 is 0. The molecule has 2 rings (SSSR count). The zero-order valence-corrected chi connectivity index (χ0v) is 14.8. The van der Waals surface area contributed by atoms with Crippen LogP contribution in [0, 0.1) is 11.3 Å². The summed E-state index contributed by atoms with van der Waals surface area (Å²) in [5.74, 6) is 0.992. The standard InChI is InChI=1S/C19H38N2/c1-4-18-9-8-13-21(14-10-18)16-19(15-20-17(2)3)11-6-5-7-12-19/h17-18,20H,4-16H2,1-3H3. The van der Waals surface area contributed by atoms with Crippen molar-refractivity contribution in [3.8, 4) is 0 Å². The van der Waals surface area contributed by atoms with Crippen molar-refractivity contribution in [2.75, 3.05) is 26.2 Å². The first-order valence-corrected chi connectivity index (χ1v) is 9.59. The molecule has 1 heterocycles. The Bertz CT molecular complexity index is 281. The Morgan fingerprint density at radius 1 is 1.05 bits per heavy atom. The lowest BCUT2D eigenvalue weighted by Gasteiger charge is -2.42. The molecular formula is C19H38N2. The number of likely N-dealkylation sites (tertiary alicyclic amines) is 1. The van der Waals surface area contributed by atoms with Gasteiger partial charge in [0.2, 0.25) is 0 Å².